The quantitative estimate of drug-likeness (QED) is 0.774. The van der Waals surface area contributed by atoms with E-state index in [0.717, 1.165) is 17.9 Å². The molecule has 1 N–H and O–H groups in total. The summed E-state index contributed by atoms with van der Waals surface area (Å²) in [4.78, 5) is 0. The summed E-state index contributed by atoms with van der Waals surface area (Å²) in [5.74, 6) is 1.72. The topological polar surface area (TPSA) is 21.3 Å². The fourth-order valence-corrected chi connectivity index (χ4v) is 3.38. The van der Waals surface area contributed by atoms with Gasteiger partial charge in [-0.05, 0) is 57.9 Å². The van der Waals surface area contributed by atoms with Gasteiger partial charge in [-0.3, -0.25) is 0 Å². The highest BCUT2D eigenvalue weighted by Gasteiger charge is 2.34. The standard InChI is InChI=1S/C13H25NO/c1-9-4-6-12(15-9)8-11-5-7-13(14-3)10(11)2/h9-14H,4-8H2,1-3H3. The molecule has 1 aliphatic carbocycles. The summed E-state index contributed by atoms with van der Waals surface area (Å²) in [6.45, 7) is 4.60. The van der Waals surface area contributed by atoms with Crippen molar-refractivity contribution in [3.8, 4) is 0 Å². The maximum absolute atomic E-state index is 5.92. The Morgan fingerprint density at radius 2 is 1.93 bits per heavy atom. The number of hydrogen-bond acceptors (Lipinski definition) is 2. The van der Waals surface area contributed by atoms with Crippen LogP contribution in [0.15, 0.2) is 0 Å². The molecule has 1 aliphatic heterocycles. The lowest BCUT2D eigenvalue weighted by molar-refractivity contribution is 0.0371. The fraction of sp³-hybridized carbons (Fsp3) is 1.00. The predicted octanol–water partition coefficient (Wildman–Crippen LogP) is 2.58. The van der Waals surface area contributed by atoms with E-state index in [2.05, 4.69) is 26.2 Å². The summed E-state index contributed by atoms with van der Waals surface area (Å²) >= 11 is 0. The number of nitrogens with one attached hydrogen (secondary N) is 1. The van der Waals surface area contributed by atoms with E-state index in [1.54, 1.807) is 0 Å². The van der Waals surface area contributed by atoms with Gasteiger partial charge in [-0.2, -0.15) is 0 Å². The first-order valence-electron chi connectivity index (χ1n) is 6.53. The monoisotopic (exact) mass is 211 g/mol. The summed E-state index contributed by atoms with van der Waals surface area (Å²) in [6, 6.07) is 0.744. The summed E-state index contributed by atoms with van der Waals surface area (Å²) in [6.07, 6.45) is 7.65. The van der Waals surface area contributed by atoms with Gasteiger partial charge in [0.05, 0.1) is 12.2 Å². The van der Waals surface area contributed by atoms with Gasteiger partial charge in [-0.15, -0.1) is 0 Å². The van der Waals surface area contributed by atoms with E-state index in [1.807, 2.05) is 0 Å². The molecule has 2 fully saturated rings. The third kappa shape index (κ3) is 2.54. The van der Waals surface area contributed by atoms with Crippen LogP contribution in [0.1, 0.15) is 46.0 Å². The van der Waals surface area contributed by atoms with Crippen LogP contribution in [-0.4, -0.2) is 25.3 Å². The van der Waals surface area contributed by atoms with Crippen LogP contribution in [0.3, 0.4) is 0 Å². The second-order valence-electron chi connectivity index (χ2n) is 5.47. The van der Waals surface area contributed by atoms with Gasteiger partial charge in [-0.1, -0.05) is 6.92 Å². The number of ether oxygens (including phenoxy) is 1. The SMILES string of the molecule is CNC1CCC(CC2CCC(C)O2)C1C. The first kappa shape index (κ1) is 11.4. The molecule has 2 heteroatoms. The second-order valence-corrected chi connectivity index (χ2v) is 5.47. The van der Waals surface area contributed by atoms with Crippen molar-refractivity contribution >= 4 is 0 Å². The molecule has 2 aliphatic rings. The maximum atomic E-state index is 5.92. The summed E-state index contributed by atoms with van der Waals surface area (Å²) in [7, 11) is 2.09. The molecule has 0 radical (unpaired) electrons. The Balaban J connectivity index is 1.80. The zero-order chi connectivity index (χ0) is 10.8. The van der Waals surface area contributed by atoms with Gasteiger partial charge in [0.1, 0.15) is 0 Å². The van der Waals surface area contributed by atoms with Gasteiger partial charge in [-0.25, -0.2) is 0 Å². The molecule has 0 aromatic rings. The average Bonchev–Trinajstić information content (AvgIpc) is 2.76. The molecule has 1 saturated heterocycles. The summed E-state index contributed by atoms with van der Waals surface area (Å²) < 4.78 is 5.92. The van der Waals surface area contributed by atoms with E-state index in [-0.39, 0.29) is 0 Å². The number of rotatable bonds is 3. The Morgan fingerprint density at radius 1 is 1.13 bits per heavy atom. The molecule has 0 amide bonds. The molecule has 0 spiro atoms. The molecule has 2 rings (SSSR count). The van der Waals surface area contributed by atoms with Crippen molar-refractivity contribution in [1.29, 1.82) is 0 Å². The largest absolute Gasteiger partial charge is 0.375 e. The Kier molecular flexibility index (Phi) is 3.68. The molecule has 5 unspecified atom stereocenters. The number of hydrogen-bond donors (Lipinski definition) is 1. The van der Waals surface area contributed by atoms with Gasteiger partial charge in [0.25, 0.3) is 0 Å². The minimum absolute atomic E-state index is 0.506. The summed E-state index contributed by atoms with van der Waals surface area (Å²) in [5.41, 5.74) is 0. The molecule has 1 saturated carbocycles. The predicted molar refractivity (Wildman–Crippen MR) is 62.9 cm³/mol. The van der Waals surface area contributed by atoms with Gasteiger partial charge in [0, 0.05) is 6.04 Å². The smallest absolute Gasteiger partial charge is 0.0582 e. The van der Waals surface area contributed by atoms with Crippen molar-refractivity contribution in [3.05, 3.63) is 0 Å². The molecule has 15 heavy (non-hydrogen) atoms. The van der Waals surface area contributed by atoms with E-state index in [9.17, 15) is 0 Å². The molecule has 0 aromatic carbocycles. The van der Waals surface area contributed by atoms with Crippen molar-refractivity contribution in [1.82, 2.24) is 5.32 Å². The normalized spacial score (nSPS) is 46.2. The molecule has 0 bridgehead atoms. The maximum Gasteiger partial charge on any atom is 0.0582 e. The summed E-state index contributed by atoms with van der Waals surface area (Å²) in [5, 5.41) is 3.44. The molecule has 2 nitrogen and oxygen atoms in total. The van der Waals surface area contributed by atoms with E-state index < -0.39 is 0 Å². The van der Waals surface area contributed by atoms with E-state index in [0.29, 0.717) is 12.2 Å². The lowest BCUT2D eigenvalue weighted by Gasteiger charge is -2.23. The molecule has 88 valence electrons. The third-order valence-corrected chi connectivity index (χ3v) is 4.48. The van der Waals surface area contributed by atoms with E-state index in [1.165, 1.54) is 32.1 Å². The molecule has 5 atom stereocenters. The van der Waals surface area contributed by atoms with Crippen LogP contribution in [-0.2, 0) is 4.74 Å². The van der Waals surface area contributed by atoms with Crippen molar-refractivity contribution in [2.75, 3.05) is 7.05 Å². The van der Waals surface area contributed by atoms with Crippen LogP contribution in [0.2, 0.25) is 0 Å². The van der Waals surface area contributed by atoms with Crippen LogP contribution >= 0.6 is 0 Å². The van der Waals surface area contributed by atoms with Gasteiger partial charge < -0.3 is 10.1 Å². The molecule has 1 heterocycles. The van der Waals surface area contributed by atoms with Crippen molar-refractivity contribution in [3.63, 3.8) is 0 Å². The molecular formula is C13H25NO. The first-order chi connectivity index (χ1) is 7.20. The lowest BCUT2D eigenvalue weighted by atomic mass is 9.90. The van der Waals surface area contributed by atoms with Crippen molar-refractivity contribution < 1.29 is 4.74 Å². The minimum atomic E-state index is 0.506. The zero-order valence-corrected chi connectivity index (χ0v) is 10.3. The average molecular weight is 211 g/mol. The van der Waals surface area contributed by atoms with E-state index >= 15 is 0 Å². The Labute approximate surface area is 93.8 Å². The van der Waals surface area contributed by atoms with Crippen LogP contribution < -0.4 is 5.32 Å². The Bertz CT molecular complexity index is 207. The highest BCUT2D eigenvalue weighted by atomic mass is 16.5. The third-order valence-electron chi connectivity index (χ3n) is 4.48. The molecule has 0 aromatic heterocycles. The Morgan fingerprint density at radius 3 is 2.47 bits per heavy atom. The minimum Gasteiger partial charge on any atom is -0.375 e. The van der Waals surface area contributed by atoms with Gasteiger partial charge in [0.15, 0.2) is 0 Å². The van der Waals surface area contributed by atoms with Gasteiger partial charge >= 0.3 is 0 Å². The van der Waals surface area contributed by atoms with Crippen LogP contribution in [0, 0.1) is 11.8 Å². The van der Waals surface area contributed by atoms with Crippen LogP contribution in [0.5, 0.6) is 0 Å². The lowest BCUT2D eigenvalue weighted by Crippen LogP contribution is -2.30. The van der Waals surface area contributed by atoms with Crippen molar-refractivity contribution in [2.24, 2.45) is 11.8 Å². The Hall–Kier alpha value is -0.0800. The first-order valence-corrected chi connectivity index (χ1v) is 6.53. The molecular weight excluding hydrogens is 186 g/mol. The van der Waals surface area contributed by atoms with Crippen LogP contribution in [0.4, 0.5) is 0 Å². The van der Waals surface area contributed by atoms with E-state index in [4.69, 9.17) is 4.74 Å². The van der Waals surface area contributed by atoms with Crippen molar-refractivity contribution in [2.45, 2.75) is 64.2 Å². The fourth-order valence-electron chi connectivity index (χ4n) is 3.38. The highest BCUT2D eigenvalue weighted by molar-refractivity contribution is 4.88. The highest BCUT2D eigenvalue weighted by Crippen LogP contribution is 2.37. The van der Waals surface area contributed by atoms with Crippen LogP contribution in [0.25, 0.3) is 0 Å². The second kappa shape index (κ2) is 4.84. The van der Waals surface area contributed by atoms with Gasteiger partial charge in [0.2, 0.25) is 0 Å². The zero-order valence-electron chi connectivity index (χ0n) is 10.3.